The molecule has 30 heavy (non-hydrogen) atoms. The molecule has 158 valence electrons. The lowest BCUT2D eigenvalue weighted by Crippen LogP contribution is -2.28. The molecular weight excluding hydrogens is 449 g/mol. The molecule has 0 aliphatic carbocycles. The quantitative estimate of drug-likeness (QED) is 0.549. The summed E-state index contributed by atoms with van der Waals surface area (Å²) < 4.78 is 5.31. The van der Waals surface area contributed by atoms with Gasteiger partial charge in [0.05, 0.1) is 22.3 Å². The Bertz CT molecular complexity index is 1080. The van der Waals surface area contributed by atoms with Crippen LogP contribution >= 0.6 is 34.5 Å². The monoisotopic (exact) mass is 467 g/mol. The van der Waals surface area contributed by atoms with Gasteiger partial charge < -0.3 is 14.6 Å². The Morgan fingerprint density at radius 1 is 1.20 bits per heavy atom. The van der Waals surface area contributed by atoms with Crippen LogP contribution in [0, 0.1) is 13.8 Å². The van der Waals surface area contributed by atoms with Gasteiger partial charge in [-0.3, -0.25) is 10.1 Å². The molecule has 1 aromatic carbocycles. The van der Waals surface area contributed by atoms with Crippen LogP contribution in [-0.4, -0.2) is 33.9 Å². The number of halogens is 2. The minimum absolute atomic E-state index is 0.258. The number of amides is 3. The normalized spacial score (nSPS) is 10.7. The fourth-order valence-electron chi connectivity index (χ4n) is 2.63. The van der Waals surface area contributed by atoms with Crippen molar-refractivity contribution in [1.82, 2.24) is 20.2 Å². The van der Waals surface area contributed by atoms with Gasteiger partial charge in [-0.15, -0.1) is 11.3 Å². The second-order valence-electron chi connectivity index (χ2n) is 6.50. The highest BCUT2D eigenvalue weighted by Gasteiger charge is 2.20. The van der Waals surface area contributed by atoms with E-state index < -0.39 is 6.03 Å². The van der Waals surface area contributed by atoms with Crippen LogP contribution in [0.25, 0.3) is 0 Å². The number of thiazole rings is 1. The Morgan fingerprint density at radius 2 is 1.97 bits per heavy atom. The van der Waals surface area contributed by atoms with Gasteiger partial charge in [-0.1, -0.05) is 29.3 Å². The van der Waals surface area contributed by atoms with Gasteiger partial charge in [-0.25, -0.2) is 14.8 Å². The third kappa shape index (κ3) is 5.50. The maximum absolute atomic E-state index is 12.5. The highest BCUT2D eigenvalue weighted by molar-refractivity contribution is 7.13. The Morgan fingerprint density at radius 3 is 2.63 bits per heavy atom. The molecule has 0 aliphatic heterocycles. The van der Waals surface area contributed by atoms with E-state index in [1.165, 1.54) is 16.2 Å². The van der Waals surface area contributed by atoms with Gasteiger partial charge >= 0.3 is 6.03 Å². The first-order valence-electron chi connectivity index (χ1n) is 8.85. The fraction of sp³-hybridized carbons (Fsp3) is 0.263. The Kier molecular flexibility index (Phi) is 6.96. The number of nitrogens with one attached hydrogen (secondary N) is 2. The zero-order valence-electron chi connectivity index (χ0n) is 16.5. The summed E-state index contributed by atoms with van der Waals surface area (Å²) in [6.45, 7) is 3.94. The van der Waals surface area contributed by atoms with Crippen molar-refractivity contribution in [2.24, 2.45) is 0 Å². The van der Waals surface area contributed by atoms with Crippen LogP contribution < -0.4 is 10.6 Å². The van der Waals surface area contributed by atoms with Crippen molar-refractivity contribution in [3.8, 4) is 0 Å². The summed E-state index contributed by atoms with van der Waals surface area (Å²) >= 11 is 13.1. The van der Waals surface area contributed by atoms with E-state index >= 15 is 0 Å². The Hall–Kier alpha value is -2.62. The van der Waals surface area contributed by atoms with Crippen molar-refractivity contribution in [3.05, 3.63) is 62.2 Å². The van der Waals surface area contributed by atoms with E-state index in [2.05, 4.69) is 20.6 Å². The van der Waals surface area contributed by atoms with Crippen LogP contribution in [0.2, 0.25) is 10.0 Å². The van der Waals surface area contributed by atoms with E-state index in [1.807, 2.05) is 0 Å². The largest absolute Gasteiger partial charge is 0.445 e. The maximum Gasteiger partial charge on any atom is 0.321 e. The van der Waals surface area contributed by atoms with Crippen LogP contribution in [0.3, 0.4) is 0 Å². The Balaban J connectivity index is 1.52. The third-order valence-corrected chi connectivity index (χ3v) is 5.61. The van der Waals surface area contributed by atoms with E-state index in [9.17, 15) is 9.59 Å². The summed E-state index contributed by atoms with van der Waals surface area (Å²) in [5.74, 6) is 0.658. The number of carbonyl (C=O) groups excluding carboxylic acids is 2. The van der Waals surface area contributed by atoms with E-state index in [4.69, 9.17) is 27.6 Å². The zero-order chi connectivity index (χ0) is 21.8. The number of rotatable bonds is 6. The fourth-order valence-corrected chi connectivity index (χ4v) is 3.65. The number of aromatic nitrogens is 2. The van der Waals surface area contributed by atoms with Crippen LogP contribution in [0.5, 0.6) is 0 Å². The van der Waals surface area contributed by atoms with Gasteiger partial charge in [0, 0.05) is 25.9 Å². The summed E-state index contributed by atoms with van der Waals surface area (Å²) in [7, 11) is 1.65. The molecule has 8 nitrogen and oxygen atoms in total. The van der Waals surface area contributed by atoms with E-state index in [0.29, 0.717) is 32.5 Å². The lowest BCUT2D eigenvalue weighted by Gasteiger charge is -2.14. The molecule has 0 saturated heterocycles. The first-order valence-corrected chi connectivity index (χ1v) is 10.5. The van der Waals surface area contributed by atoms with E-state index in [0.717, 1.165) is 5.56 Å². The lowest BCUT2D eigenvalue weighted by atomic mass is 10.2. The summed E-state index contributed by atoms with van der Waals surface area (Å²) in [5.41, 5.74) is 1.75. The summed E-state index contributed by atoms with van der Waals surface area (Å²) in [5, 5.41) is 8.48. The molecule has 0 fully saturated rings. The standard InChI is InChI=1S/C19H19Cl2N5O3S/c1-10-16(23-11(2)29-10)17(27)26(3)8-13-9-30-19(24-13)25-18(28)22-7-12-4-5-14(20)15(21)6-12/h4-6,9H,7-8H2,1-3H3,(H2,22,24,25,28). The van der Waals surface area contributed by atoms with E-state index in [1.54, 1.807) is 44.5 Å². The van der Waals surface area contributed by atoms with Crippen LogP contribution in [0.15, 0.2) is 28.0 Å². The van der Waals surface area contributed by atoms with Gasteiger partial charge in [-0.2, -0.15) is 0 Å². The SMILES string of the molecule is Cc1nc(C(=O)N(C)Cc2csc(NC(=O)NCc3ccc(Cl)c(Cl)c3)n2)c(C)o1. The third-order valence-electron chi connectivity index (χ3n) is 4.06. The minimum atomic E-state index is -0.403. The highest BCUT2D eigenvalue weighted by atomic mass is 35.5. The molecule has 3 rings (SSSR count). The average molecular weight is 468 g/mol. The first kappa shape index (κ1) is 22.1. The van der Waals surface area contributed by atoms with Crippen molar-refractivity contribution < 1.29 is 14.0 Å². The summed E-state index contributed by atoms with van der Waals surface area (Å²) in [4.78, 5) is 34.6. The minimum Gasteiger partial charge on any atom is -0.445 e. The molecule has 2 heterocycles. The van der Waals surface area contributed by atoms with Crippen LogP contribution in [-0.2, 0) is 13.1 Å². The summed E-state index contributed by atoms with van der Waals surface area (Å²) in [6, 6.07) is 4.74. The van der Waals surface area contributed by atoms with Crippen LogP contribution in [0.4, 0.5) is 9.93 Å². The number of hydrogen-bond donors (Lipinski definition) is 2. The van der Waals surface area contributed by atoms with Crippen molar-refractivity contribution >= 4 is 51.6 Å². The second kappa shape index (κ2) is 9.46. The van der Waals surface area contributed by atoms with Crippen molar-refractivity contribution in [2.75, 3.05) is 12.4 Å². The van der Waals surface area contributed by atoms with E-state index in [-0.39, 0.29) is 24.7 Å². The predicted molar refractivity (Wildman–Crippen MR) is 116 cm³/mol. The lowest BCUT2D eigenvalue weighted by molar-refractivity contribution is 0.0776. The van der Waals surface area contributed by atoms with Gasteiger partial charge in [0.1, 0.15) is 5.76 Å². The number of oxazole rings is 1. The predicted octanol–water partition coefficient (Wildman–Crippen LogP) is 4.65. The van der Waals surface area contributed by atoms with Crippen molar-refractivity contribution in [3.63, 3.8) is 0 Å². The number of aryl methyl sites for hydroxylation is 2. The van der Waals surface area contributed by atoms with Gasteiger partial charge in [0.25, 0.3) is 5.91 Å². The molecule has 0 saturated carbocycles. The molecular formula is C19H19Cl2N5O3S. The smallest absolute Gasteiger partial charge is 0.321 e. The number of nitrogens with zero attached hydrogens (tertiary/aromatic N) is 3. The zero-order valence-corrected chi connectivity index (χ0v) is 18.8. The molecule has 3 amide bonds. The molecule has 3 aromatic rings. The van der Waals surface area contributed by atoms with Crippen LogP contribution in [0.1, 0.15) is 33.4 Å². The Labute approximate surface area is 187 Å². The second-order valence-corrected chi connectivity index (χ2v) is 8.17. The molecule has 2 aromatic heterocycles. The van der Waals surface area contributed by atoms with Crippen molar-refractivity contribution in [1.29, 1.82) is 0 Å². The molecule has 0 spiro atoms. The molecule has 0 radical (unpaired) electrons. The maximum atomic E-state index is 12.5. The number of benzene rings is 1. The topological polar surface area (TPSA) is 100 Å². The number of hydrogen-bond acceptors (Lipinski definition) is 6. The first-order chi connectivity index (χ1) is 14.2. The van der Waals surface area contributed by atoms with Gasteiger partial charge in [-0.05, 0) is 24.6 Å². The number of carbonyl (C=O) groups is 2. The molecule has 0 atom stereocenters. The average Bonchev–Trinajstić information content (AvgIpc) is 3.27. The van der Waals surface area contributed by atoms with Gasteiger partial charge in [0.15, 0.2) is 16.7 Å². The highest BCUT2D eigenvalue weighted by Crippen LogP contribution is 2.22. The summed E-state index contributed by atoms with van der Waals surface area (Å²) in [6.07, 6.45) is 0. The van der Waals surface area contributed by atoms with Crippen molar-refractivity contribution in [2.45, 2.75) is 26.9 Å². The molecule has 2 N–H and O–H groups in total. The molecule has 11 heteroatoms. The molecule has 0 bridgehead atoms. The molecule has 0 aliphatic rings. The van der Waals surface area contributed by atoms with Gasteiger partial charge in [0.2, 0.25) is 0 Å². The number of anilines is 1. The molecule has 0 unspecified atom stereocenters. The number of urea groups is 1.